The van der Waals surface area contributed by atoms with Crippen molar-refractivity contribution in [2.24, 2.45) is 0 Å². The molecule has 9 heteroatoms. The zero-order valence-corrected chi connectivity index (χ0v) is 17.4. The Balaban J connectivity index is 1.59. The van der Waals surface area contributed by atoms with E-state index >= 15 is 0 Å². The van der Waals surface area contributed by atoms with E-state index in [1.165, 1.54) is 0 Å². The van der Waals surface area contributed by atoms with Crippen LogP contribution in [-0.4, -0.2) is 32.8 Å². The first-order chi connectivity index (χ1) is 15.7. The average Bonchev–Trinajstić information content (AvgIpc) is 3.49. The molecule has 1 amide bonds. The van der Waals surface area contributed by atoms with Gasteiger partial charge in [-0.1, -0.05) is 12.1 Å². The van der Waals surface area contributed by atoms with Crippen molar-refractivity contribution in [3.8, 4) is 17.3 Å². The Morgan fingerprint density at radius 3 is 2.72 bits per heavy atom. The van der Waals surface area contributed by atoms with E-state index in [1.807, 2.05) is 31.2 Å². The van der Waals surface area contributed by atoms with Gasteiger partial charge in [-0.25, -0.2) is 4.68 Å². The zero-order chi connectivity index (χ0) is 22.1. The van der Waals surface area contributed by atoms with Crippen LogP contribution in [0.15, 0.2) is 82.9 Å². The summed E-state index contributed by atoms with van der Waals surface area (Å²) in [7, 11) is 1.56. The molecule has 0 aliphatic carbocycles. The Hall–Kier alpha value is -4.40. The molecule has 1 aromatic carbocycles. The van der Waals surface area contributed by atoms with Gasteiger partial charge in [-0.05, 0) is 48.9 Å². The Labute approximate surface area is 183 Å². The number of carbonyl (C=O) groups excluding carboxylic acids is 1. The van der Waals surface area contributed by atoms with Gasteiger partial charge in [0.15, 0.2) is 5.76 Å². The molecule has 9 nitrogen and oxygen atoms in total. The van der Waals surface area contributed by atoms with Crippen molar-refractivity contribution in [1.82, 2.24) is 19.7 Å². The number of nitrogens with zero attached hydrogens (tertiary/aromatic N) is 4. The second-order valence-electron chi connectivity index (χ2n) is 7.18. The molecule has 0 radical (unpaired) electrons. The van der Waals surface area contributed by atoms with Crippen molar-refractivity contribution < 1.29 is 13.9 Å². The van der Waals surface area contributed by atoms with Gasteiger partial charge in [0.1, 0.15) is 11.8 Å². The van der Waals surface area contributed by atoms with Gasteiger partial charge in [0.2, 0.25) is 11.8 Å². The number of nitrogens with one attached hydrogen (secondary N) is 2. The highest BCUT2D eigenvalue weighted by Crippen LogP contribution is 2.37. The number of amides is 1. The molecule has 160 valence electrons. The first-order valence-electron chi connectivity index (χ1n) is 9.98. The van der Waals surface area contributed by atoms with E-state index in [1.54, 1.807) is 54.7 Å². The fraction of sp³-hybridized carbons (Fsp3) is 0.130. The molecule has 2 N–H and O–H groups in total. The molecule has 32 heavy (non-hydrogen) atoms. The van der Waals surface area contributed by atoms with E-state index in [4.69, 9.17) is 9.15 Å². The number of hydrogen-bond donors (Lipinski definition) is 2. The zero-order valence-electron chi connectivity index (χ0n) is 17.4. The van der Waals surface area contributed by atoms with Crippen molar-refractivity contribution in [1.29, 1.82) is 0 Å². The summed E-state index contributed by atoms with van der Waals surface area (Å²) < 4.78 is 12.5. The van der Waals surface area contributed by atoms with Crippen molar-refractivity contribution in [2.45, 2.75) is 13.0 Å². The van der Waals surface area contributed by atoms with Crippen LogP contribution >= 0.6 is 0 Å². The van der Waals surface area contributed by atoms with Crippen molar-refractivity contribution in [3.05, 3.63) is 84.0 Å². The maximum atomic E-state index is 13.5. The molecular formula is C23H20N6O3. The Kier molecular flexibility index (Phi) is 4.91. The Morgan fingerprint density at radius 2 is 1.97 bits per heavy atom. The number of pyridine rings is 1. The number of benzene rings is 1. The number of ether oxygens (including phenoxy) is 1. The van der Waals surface area contributed by atoms with Gasteiger partial charge in [-0.15, -0.1) is 5.10 Å². The van der Waals surface area contributed by atoms with Gasteiger partial charge in [-0.3, -0.25) is 9.78 Å². The monoisotopic (exact) mass is 428 g/mol. The number of para-hydroxylation sites is 2. The summed E-state index contributed by atoms with van der Waals surface area (Å²) in [6, 6.07) is 14.0. The van der Waals surface area contributed by atoms with Crippen LogP contribution in [0.2, 0.25) is 0 Å². The van der Waals surface area contributed by atoms with Crippen LogP contribution in [-0.2, 0) is 4.79 Å². The third-order valence-corrected chi connectivity index (χ3v) is 5.22. The lowest BCUT2D eigenvalue weighted by Gasteiger charge is -2.28. The highest BCUT2D eigenvalue weighted by atomic mass is 16.5. The maximum Gasteiger partial charge on any atom is 0.255 e. The van der Waals surface area contributed by atoms with Crippen LogP contribution in [0.5, 0.6) is 5.75 Å². The summed E-state index contributed by atoms with van der Waals surface area (Å²) in [4.78, 5) is 22.2. The maximum absolute atomic E-state index is 13.5. The minimum absolute atomic E-state index is 0.276. The number of carbonyl (C=O) groups is 1. The molecule has 0 saturated carbocycles. The third-order valence-electron chi connectivity index (χ3n) is 5.22. The minimum atomic E-state index is -0.514. The highest BCUT2D eigenvalue weighted by Gasteiger charge is 2.35. The quantitative estimate of drug-likeness (QED) is 0.497. The second kappa shape index (κ2) is 8.03. The van der Waals surface area contributed by atoms with Crippen LogP contribution in [0, 0.1) is 0 Å². The molecular weight excluding hydrogens is 408 g/mol. The highest BCUT2D eigenvalue weighted by molar-refractivity contribution is 6.06. The molecule has 0 spiro atoms. The fourth-order valence-corrected chi connectivity index (χ4v) is 3.75. The number of anilines is 2. The predicted molar refractivity (Wildman–Crippen MR) is 118 cm³/mol. The van der Waals surface area contributed by atoms with Crippen molar-refractivity contribution >= 4 is 17.5 Å². The van der Waals surface area contributed by atoms with E-state index in [0.717, 1.165) is 5.56 Å². The third kappa shape index (κ3) is 3.39. The molecule has 4 heterocycles. The summed E-state index contributed by atoms with van der Waals surface area (Å²) in [6.07, 6.45) is 4.94. The van der Waals surface area contributed by atoms with Gasteiger partial charge in [0.25, 0.3) is 5.91 Å². The first-order valence-corrected chi connectivity index (χ1v) is 9.98. The molecule has 1 aliphatic rings. The average molecular weight is 428 g/mol. The molecule has 1 unspecified atom stereocenters. The van der Waals surface area contributed by atoms with Gasteiger partial charge in [0, 0.05) is 18.1 Å². The van der Waals surface area contributed by atoms with E-state index < -0.39 is 6.04 Å². The summed E-state index contributed by atoms with van der Waals surface area (Å²) >= 11 is 0. The van der Waals surface area contributed by atoms with Gasteiger partial charge in [-0.2, -0.15) is 4.98 Å². The molecule has 0 saturated heterocycles. The number of furan rings is 1. The number of fused-ring (bicyclic) bond motifs is 1. The molecule has 1 atom stereocenters. The standard InChI is InChI=1S/C23H20N6O3/c1-14-19(22(30)26-16-6-3-4-7-17(16)31-2)20(15-9-11-24-12-10-15)29-23(25-14)27-21(28-29)18-8-5-13-32-18/h3-13,20H,1-2H3,(H,26,30)(H,25,27,28). The van der Waals surface area contributed by atoms with Crippen LogP contribution in [0.4, 0.5) is 11.6 Å². The van der Waals surface area contributed by atoms with Gasteiger partial charge >= 0.3 is 0 Å². The summed E-state index contributed by atoms with van der Waals surface area (Å²) in [5, 5.41) is 10.8. The Bertz CT molecular complexity index is 1290. The van der Waals surface area contributed by atoms with E-state index in [2.05, 4.69) is 25.7 Å². The number of rotatable bonds is 5. The first kappa shape index (κ1) is 19.6. The predicted octanol–water partition coefficient (Wildman–Crippen LogP) is 3.87. The summed E-state index contributed by atoms with van der Waals surface area (Å²) in [5.74, 6) is 1.78. The van der Waals surface area contributed by atoms with E-state index in [0.29, 0.717) is 40.2 Å². The van der Waals surface area contributed by atoms with Crippen LogP contribution in [0.1, 0.15) is 18.5 Å². The topological polar surface area (TPSA) is 107 Å². The molecule has 0 bridgehead atoms. The Morgan fingerprint density at radius 1 is 1.16 bits per heavy atom. The molecule has 4 aromatic rings. The van der Waals surface area contributed by atoms with Crippen LogP contribution in [0.3, 0.4) is 0 Å². The SMILES string of the molecule is COc1ccccc1NC(=O)C1=C(C)Nc2nc(-c3ccco3)nn2C1c1ccncc1. The van der Waals surface area contributed by atoms with E-state index in [-0.39, 0.29) is 5.91 Å². The van der Waals surface area contributed by atoms with E-state index in [9.17, 15) is 4.79 Å². The molecule has 0 fully saturated rings. The van der Waals surface area contributed by atoms with Crippen molar-refractivity contribution in [2.75, 3.05) is 17.7 Å². The molecule has 1 aliphatic heterocycles. The van der Waals surface area contributed by atoms with Gasteiger partial charge in [0.05, 0.1) is 24.6 Å². The van der Waals surface area contributed by atoms with Crippen LogP contribution < -0.4 is 15.4 Å². The molecule has 3 aromatic heterocycles. The smallest absolute Gasteiger partial charge is 0.255 e. The second-order valence-corrected chi connectivity index (χ2v) is 7.18. The summed E-state index contributed by atoms with van der Waals surface area (Å²) in [5.41, 5.74) is 2.60. The normalized spacial score (nSPS) is 15.1. The number of methoxy groups -OCH3 is 1. The van der Waals surface area contributed by atoms with Crippen molar-refractivity contribution in [3.63, 3.8) is 0 Å². The molecule has 5 rings (SSSR count). The number of aromatic nitrogens is 4. The lowest BCUT2D eigenvalue weighted by Crippen LogP contribution is -2.31. The van der Waals surface area contributed by atoms with Crippen LogP contribution in [0.25, 0.3) is 11.6 Å². The number of hydrogen-bond acceptors (Lipinski definition) is 7. The minimum Gasteiger partial charge on any atom is -0.495 e. The summed E-state index contributed by atoms with van der Waals surface area (Å²) in [6.45, 7) is 1.84. The van der Waals surface area contributed by atoms with Gasteiger partial charge < -0.3 is 19.8 Å². The lowest BCUT2D eigenvalue weighted by atomic mass is 9.96. The number of allylic oxidation sites excluding steroid dienone is 1. The lowest BCUT2D eigenvalue weighted by molar-refractivity contribution is -0.113. The largest absolute Gasteiger partial charge is 0.495 e. The fourth-order valence-electron chi connectivity index (χ4n) is 3.75.